The largest absolute Gasteiger partial charge is 0.487 e. The van der Waals surface area contributed by atoms with Crippen LogP contribution in [0.1, 0.15) is 37.5 Å². The summed E-state index contributed by atoms with van der Waals surface area (Å²) in [6.07, 6.45) is 0. The maximum Gasteiger partial charge on any atom is 0.138 e. The Hall–Kier alpha value is -0.990. The molecule has 0 spiro atoms. The standard InChI is InChI=1S/C18H20BrClO/c1-18(2,3)15-7-4-13(5-8-15)12-21-17-9-6-14(11-19)10-16(17)20/h4-10H,11-12H2,1-3H3. The van der Waals surface area contributed by atoms with Gasteiger partial charge in [-0.05, 0) is 34.2 Å². The minimum atomic E-state index is 0.175. The summed E-state index contributed by atoms with van der Waals surface area (Å²) in [5.41, 5.74) is 3.78. The first-order valence-corrected chi connectivity index (χ1v) is 8.46. The highest BCUT2D eigenvalue weighted by molar-refractivity contribution is 9.08. The second-order valence-electron chi connectivity index (χ2n) is 6.13. The maximum atomic E-state index is 6.21. The summed E-state index contributed by atoms with van der Waals surface area (Å²) < 4.78 is 5.80. The number of rotatable bonds is 4. The SMILES string of the molecule is CC(C)(C)c1ccc(COc2ccc(CBr)cc2Cl)cc1. The van der Waals surface area contributed by atoms with Crippen molar-refractivity contribution < 1.29 is 4.74 Å². The van der Waals surface area contributed by atoms with Crippen LogP contribution in [-0.4, -0.2) is 0 Å². The van der Waals surface area contributed by atoms with Gasteiger partial charge in [-0.1, -0.05) is 78.6 Å². The quantitative estimate of drug-likeness (QED) is 0.592. The fourth-order valence-electron chi connectivity index (χ4n) is 2.01. The van der Waals surface area contributed by atoms with Gasteiger partial charge in [0.2, 0.25) is 0 Å². The molecule has 2 aromatic rings. The third-order valence-electron chi connectivity index (χ3n) is 3.36. The van der Waals surface area contributed by atoms with Crippen molar-refractivity contribution in [1.29, 1.82) is 0 Å². The van der Waals surface area contributed by atoms with E-state index in [1.807, 2.05) is 18.2 Å². The normalized spacial score (nSPS) is 11.5. The molecule has 2 rings (SSSR count). The Bertz CT molecular complexity index is 600. The number of hydrogen-bond donors (Lipinski definition) is 0. The van der Waals surface area contributed by atoms with Crippen LogP contribution in [0.4, 0.5) is 0 Å². The van der Waals surface area contributed by atoms with Gasteiger partial charge in [-0.2, -0.15) is 0 Å². The molecule has 3 heteroatoms. The molecule has 0 unspecified atom stereocenters. The number of hydrogen-bond acceptors (Lipinski definition) is 1. The van der Waals surface area contributed by atoms with E-state index in [4.69, 9.17) is 16.3 Å². The first-order valence-electron chi connectivity index (χ1n) is 6.97. The van der Waals surface area contributed by atoms with Gasteiger partial charge in [-0.15, -0.1) is 0 Å². The van der Waals surface area contributed by atoms with Crippen LogP contribution >= 0.6 is 27.5 Å². The van der Waals surface area contributed by atoms with Crippen molar-refractivity contribution in [3.63, 3.8) is 0 Å². The molecule has 0 saturated carbocycles. The summed E-state index contributed by atoms with van der Waals surface area (Å²) >= 11 is 9.63. The van der Waals surface area contributed by atoms with E-state index in [1.54, 1.807) is 0 Å². The van der Waals surface area contributed by atoms with Gasteiger partial charge < -0.3 is 4.74 Å². The van der Waals surface area contributed by atoms with Crippen molar-refractivity contribution in [1.82, 2.24) is 0 Å². The van der Waals surface area contributed by atoms with Gasteiger partial charge in [0, 0.05) is 5.33 Å². The summed E-state index contributed by atoms with van der Waals surface area (Å²) in [6.45, 7) is 7.16. The minimum Gasteiger partial charge on any atom is -0.487 e. The summed E-state index contributed by atoms with van der Waals surface area (Å²) in [5.74, 6) is 0.723. The molecule has 0 aliphatic carbocycles. The molecule has 0 fully saturated rings. The van der Waals surface area contributed by atoms with E-state index in [2.05, 4.69) is 61.0 Å². The molecule has 0 aliphatic heterocycles. The van der Waals surface area contributed by atoms with Crippen LogP contribution in [0.2, 0.25) is 5.02 Å². The topological polar surface area (TPSA) is 9.23 Å². The Labute approximate surface area is 140 Å². The second-order valence-corrected chi connectivity index (χ2v) is 7.10. The lowest BCUT2D eigenvalue weighted by Gasteiger charge is -2.19. The predicted molar refractivity (Wildman–Crippen MR) is 93.6 cm³/mol. The molecule has 1 nitrogen and oxygen atoms in total. The average molecular weight is 368 g/mol. The van der Waals surface area contributed by atoms with E-state index >= 15 is 0 Å². The first-order chi connectivity index (χ1) is 9.90. The Balaban J connectivity index is 2.03. The van der Waals surface area contributed by atoms with E-state index in [-0.39, 0.29) is 5.41 Å². The molecule has 0 aliphatic rings. The van der Waals surface area contributed by atoms with E-state index < -0.39 is 0 Å². The van der Waals surface area contributed by atoms with Crippen molar-refractivity contribution in [3.8, 4) is 5.75 Å². The van der Waals surface area contributed by atoms with Crippen LogP contribution < -0.4 is 4.74 Å². The molecule has 0 atom stereocenters. The molecule has 0 radical (unpaired) electrons. The van der Waals surface area contributed by atoms with E-state index in [0.717, 1.165) is 22.2 Å². The number of halogens is 2. The van der Waals surface area contributed by atoms with Crippen molar-refractivity contribution in [2.75, 3.05) is 0 Å². The molecule has 0 bridgehead atoms. The Kier molecular flexibility index (Phi) is 5.34. The van der Waals surface area contributed by atoms with Crippen molar-refractivity contribution in [2.24, 2.45) is 0 Å². The third-order valence-corrected chi connectivity index (χ3v) is 4.31. The number of ether oxygens (including phenoxy) is 1. The van der Waals surface area contributed by atoms with Gasteiger partial charge in [0.05, 0.1) is 5.02 Å². The predicted octanol–water partition coefficient (Wildman–Crippen LogP) is 6.11. The lowest BCUT2D eigenvalue weighted by atomic mass is 9.87. The molecular formula is C18H20BrClO. The summed E-state index contributed by atoms with van der Waals surface area (Å²) in [4.78, 5) is 0. The van der Waals surface area contributed by atoms with Crippen molar-refractivity contribution in [2.45, 2.75) is 38.1 Å². The Morgan fingerprint density at radius 1 is 1.00 bits per heavy atom. The lowest BCUT2D eigenvalue weighted by molar-refractivity contribution is 0.306. The lowest BCUT2D eigenvalue weighted by Crippen LogP contribution is -2.10. The zero-order chi connectivity index (χ0) is 15.5. The molecule has 112 valence electrons. The van der Waals surface area contributed by atoms with Crippen LogP contribution in [0.15, 0.2) is 42.5 Å². The van der Waals surface area contributed by atoms with Crippen molar-refractivity contribution in [3.05, 3.63) is 64.2 Å². The van der Waals surface area contributed by atoms with E-state index in [1.165, 1.54) is 5.56 Å². The molecule has 21 heavy (non-hydrogen) atoms. The van der Waals surface area contributed by atoms with E-state index in [0.29, 0.717) is 11.6 Å². The summed E-state index contributed by atoms with van der Waals surface area (Å²) in [5, 5.41) is 1.44. The van der Waals surface area contributed by atoms with E-state index in [9.17, 15) is 0 Å². The minimum absolute atomic E-state index is 0.175. The highest BCUT2D eigenvalue weighted by atomic mass is 79.9. The van der Waals surface area contributed by atoms with Crippen LogP contribution in [0.3, 0.4) is 0 Å². The zero-order valence-electron chi connectivity index (χ0n) is 12.6. The van der Waals surface area contributed by atoms with Crippen LogP contribution in [0.25, 0.3) is 0 Å². The molecule has 0 N–H and O–H groups in total. The average Bonchev–Trinajstić information content (AvgIpc) is 2.45. The first kappa shape index (κ1) is 16.4. The van der Waals surface area contributed by atoms with Crippen LogP contribution in [0.5, 0.6) is 5.75 Å². The van der Waals surface area contributed by atoms with Gasteiger partial charge in [-0.25, -0.2) is 0 Å². The van der Waals surface area contributed by atoms with Crippen molar-refractivity contribution >= 4 is 27.5 Å². The highest BCUT2D eigenvalue weighted by Crippen LogP contribution is 2.27. The summed E-state index contributed by atoms with van der Waals surface area (Å²) in [7, 11) is 0. The molecule has 0 aromatic heterocycles. The van der Waals surface area contributed by atoms with Gasteiger partial charge >= 0.3 is 0 Å². The molecular weight excluding hydrogens is 348 g/mol. The third kappa shape index (κ3) is 4.49. The molecule has 0 amide bonds. The Morgan fingerprint density at radius 2 is 1.62 bits per heavy atom. The van der Waals surface area contributed by atoms with Gasteiger partial charge in [0.1, 0.15) is 12.4 Å². The fourth-order valence-corrected chi connectivity index (χ4v) is 2.61. The van der Waals surface area contributed by atoms with Gasteiger partial charge in [0.15, 0.2) is 0 Å². The maximum absolute atomic E-state index is 6.21. The molecule has 2 aromatic carbocycles. The monoisotopic (exact) mass is 366 g/mol. The molecule has 0 saturated heterocycles. The van der Waals surface area contributed by atoms with Gasteiger partial charge in [-0.3, -0.25) is 0 Å². The van der Waals surface area contributed by atoms with Crippen LogP contribution in [0, 0.1) is 0 Å². The summed E-state index contributed by atoms with van der Waals surface area (Å²) in [6, 6.07) is 14.4. The Morgan fingerprint density at radius 3 is 2.14 bits per heavy atom. The molecule has 0 heterocycles. The number of alkyl halides is 1. The second kappa shape index (κ2) is 6.85. The van der Waals surface area contributed by atoms with Crippen LogP contribution in [-0.2, 0) is 17.4 Å². The number of benzene rings is 2. The smallest absolute Gasteiger partial charge is 0.138 e. The fraction of sp³-hybridized carbons (Fsp3) is 0.333. The van der Waals surface area contributed by atoms with Gasteiger partial charge in [0.25, 0.3) is 0 Å². The zero-order valence-corrected chi connectivity index (χ0v) is 15.0. The highest BCUT2D eigenvalue weighted by Gasteiger charge is 2.12.